The van der Waals surface area contributed by atoms with Crippen molar-refractivity contribution in [2.24, 2.45) is 5.41 Å². The number of esters is 1. The first-order valence-electron chi connectivity index (χ1n) is 10.7. The Labute approximate surface area is 183 Å². The van der Waals surface area contributed by atoms with E-state index < -0.39 is 29.4 Å². The van der Waals surface area contributed by atoms with E-state index in [1.165, 1.54) is 4.90 Å². The molecule has 3 amide bonds. The summed E-state index contributed by atoms with van der Waals surface area (Å²) in [5.41, 5.74) is 0.218. The van der Waals surface area contributed by atoms with E-state index in [-0.39, 0.29) is 25.5 Å². The van der Waals surface area contributed by atoms with Gasteiger partial charge < -0.3 is 9.64 Å². The molecular weight excluding hydrogens is 392 g/mol. The Balaban J connectivity index is 2.10. The summed E-state index contributed by atoms with van der Waals surface area (Å²) in [5.74, 6) is -1.10. The Morgan fingerprint density at radius 3 is 2.13 bits per heavy atom. The number of carbonyl (C=O) groups excluding carboxylic acids is 3. The zero-order valence-electron chi connectivity index (χ0n) is 18.6. The van der Waals surface area contributed by atoms with Crippen LogP contribution in [-0.2, 0) is 20.7 Å². The zero-order valence-corrected chi connectivity index (χ0v) is 18.6. The van der Waals surface area contributed by atoms with Gasteiger partial charge in [-0.25, -0.2) is 4.79 Å². The van der Waals surface area contributed by atoms with E-state index in [1.807, 2.05) is 67.6 Å². The van der Waals surface area contributed by atoms with Crippen LogP contribution in [0.2, 0.25) is 0 Å². The fourth-order valence-electron chi connectivity index (χ4n) is 4.28. The van der Waals surface area contributed by atoms with Gasteiger partial charge in [-0.05, 0) is 37.8 Å². The van der Waals surface area contributed by atoms with E-state index in [2.05, 4.69) is 0 Å². The monoisotopic (exact) mass is 422 g/mol. The summed E-state index contributed by atoms with van der Waals surface area (Å²) >= 11 is 0. The molecular formula is C25H30N2O4. The molecule has 2 aromatic carbocycles. The number of urea groups is 1. The van der Waals surface area contributed by atoms with Crippen LogP contribution in [0.15, 0.2) is 60.7 Å². The zero-order chi connectivity index (χ0) is 22.6. The van der Waals surface area contributed by atoms with Crippen molar-refractivity contribution in [1.29, 1.82) is 0 Å². The second kappa shape index (κ2) is 9.33. The Kier molecular flexibility index (Phi) is 6.78. The van der Waals surface area contributed by atoms with Crippen molar-refractivity contribution in [3.63, 3.8) is 0 Å². The standard InChI is InChI=1S/C25H30N2O4/c1-5-25(23(29)31-6-2,17-19-13-9-7-10-14-19)22(28)27-21(18(3)26(4)24(27)30)20-15-11-8-12-16-20/h7-16,18,21H,5-6,17H2,1-4H3/t18-,21-,25+/m1/s1. The second-order valence-electron chi connectivity index (χ2n) is 7.98. The van der Waals surface area contributed by atoms with Gasteiger partial charge in [-0.1, -0.05) is 67.6 Å². The third kappa shape index (κ3) is 4.07. The van der Waals surface area contributed by atoms with Crippen molar-refractivity contribution in [3.05, 3.63) is 71.8 Å². The Bertz CT molecular complexity index is 931. The topological polar surface area (TPSA) is 66.9 Å². The summed E-state index contributed by atoms with van der Waals surface area (Å²) in [6, 6.07) is 17.7. The van der Waals surface area contributed by atoms with E-state index >= 15 is 0 Å². The van der Waals surface area contributed by atoms with Crippen LogP contribution in [0.3, 0.4) is 0 Å². The molecule has 0 saturated carbocycles. The van der Waals surface area contributed by atoms with Crippen LogP contribution in [0, 0.1) is 5.41 Å². The van der Waals surface area contributed by atoms with Gasteiger partial charge in [0.2, 0.25) is 5.91 Å². The number of ether oxygens (including phenoxy) is 1. The van der Waals surface area contributed by atoms with E-state index in [1.54, 1.807) is 25.8 Å². The average Bonchev–Trinajstić information content (AvgIpc) is 3.02. The molecule has 0 spiro atoms. The number of amides is 3. The van der Waals surface area contributed by atoms with Gasteiger partial charge in [0.1, 0.15) is 0 Å². The highest BCUT2D eigenvalue weighted by atomic mass is 16.5. The summed E-state index contributed by atoms with van der Waals surface area (Å²) < 4.78 is 5.37. The lowest BCUT2D eigenvalue weighted by Gasteiger charge is -2.34. The van der Waals surface area contributed by atoms with Gasteiger partial charge in [-0.2, -0.15) is 0 Å². The number of nitrogens with zero attached hydrogens (tertiary/aromatic N) is 2. The third-order valence-electron chi connectivity index (χ3n) is 6.24. The van der Waals surface area contributed by atoms with Crippen LogP contribution < -0.4 is 0 Å². The predicted molar refractivity (Wildman–Crippen MR) is 118 cm³/mol. The molecule has 2 aromatic rings. The SMILES string of the molecule is CCOC(=O)[C@@](CC)(Cc1ccccc1)C(=O)N1C(=O)N(C)[C@H](C)[C@@H]1c1ccccc1. The molecule has 3 rings (SSSR count). The van der Waals surface area contributed by atoms with Crippen molar-refractivity contribution in [3.8, 4) is 0 Å². The molecule has 6 heteroatoms. The Morgan fingerprint density at radius 2 is 1.58 bits per heavy atom. The smallest absolute Gasteiger partial charge is 0.327 e. The summed E-state index contributed by atoms with van der Waals surface area (Å²) in [7, 11) is 1.69. The maximum Gasteiger partial charge on any atom is 0.327 e. The first kappa shape index (κ1) is 22.5. The van der Waals surface area contributed by atoms with Crippen LogP contribution in [0.4, 0.5) is 4.79 Å². The summed E-state index contributed by atoms with van der Waals surface area (Å²) in [6.07, 6.45) is 0.397. The van der Waals surface area contributed by atoms with Crippen LogP contribution in [-0.4, -0.2) is 47.4 Å². The minimum absolute atomic E-state index is 0.162. The number of hydrogen-bond acceptors (Lipinski definition) is 4. The van der Waals surface area contributed by atoms with Gasteiger partial charge in [0, 0.05) is 7.05 Å². The summed E-state index contributed by atoms with van der Waals surface area (Å²) in [6.45, 7) is 5.59. The molecule has 1 aliphatic heterocycles. The van der Waals surface area contributed by atoms with Gasteiger partial charge >= 0.3 is 12.0 Å². The number of likely N-dealkylation sites (N-methyl/N-ethyl adjacent to an activating group) is 1. The molecule has 31 heavy (non-hydrogen) atoms. The molecule has 164 valence electrons. The predicted octanol–water partition coefficient (Wildman–Crippen LogP) is 4.21. The minimum Gasteiger partial charge on any atom is -0.465 e. The van der Waals surface area contributed by atoms with Gasteiger partial charge in [-0.3, -0.25) is 14.5 Å². The highest BCUT2D eigenvalue weighted by Gasteiger charge is 2.55. The largest absolute Gasteiger partial charge is 0.465 e. The average molecular weight is 423 g/mol. The normalized spacial score (nSPS) is 20.5. The third-order valence-corrected chi connectivity index (χ3v) is 6.24. The van der Waals surface area contributed by atoms with Crippen molar-refractivity contribution in [2.45, 2.75) is 45.7 Å². The maximum absolute atomic E-state index is 14.1. The van der Waals surface area contributed by atoms with Crippen LogP contribution >= 0.6 is 0 Å². The van der Waals surface area contributed by atoms with Crippen molar-refractivity contribution in [1.82, 2.24) is 9.80 Å². The van der Waals surface area contributed by atoms with E-state index in [9.17, 15) is 14.4 Å². The molecule has 1 aliphatic rings. The number of imide groups is 1. The number of carbonyl (C=O) groups is 3. The van der Waals surface area contributed by atoms with Gasteiger partial charge in [0.15, 0.2) is 5.41 Å². The van der Waals surface area contributed by atoms with Crippen LogP contribution in [0.1, 0.15) is 44.4 Å². The molecule has 0 bridgehead atoms. The second-order valence-corrected chi connectivity index (χ2v) is 7.98. The van der Waals surface area contributed by atoms with Crippen molar-refractivity contribution < 1.29 is 19.1 Å². The summed E-state index contributed by atoms with van der Waals surface area (Å²) in [4.78, 5) is 43.3. The minimum atomic E-state index is -1.48. The lowest BCUT2D eigenvalue weighted by atomic mass is 9.77. The van der Waals surface area contributed by atoms with Gasteiger partial charge in [-0.15, -0.1) is 0 Å². The van der Waals surface area contributed by atoms with Crippen LogP contribution in [0.5, 0.6) is 0 Å². The lowest BCUT2D eigenvalue weighted by Crippen LogP contribution is -2.52. The molecule has 0 N–H and O–H groups in total. The molecule has 3 atom stereocenters. The molecule has 1 saturated heterocycles. The highest BCUT2D eigenvalue weighted by Crippen LogP contribution is 2.40. The molecule has 1 fully saturated rings. The lowest BCUT2D eigenvalue weighted by molar-refractivity contribution is -0.164. The first-order chi connectivity index (χ1) is 14.9. The molecule has 0 unspecified atom stereocenters. The van der Waals surface area contributed by atoms with E-state index in [0.717, 1.165) is 11.1 Å². The number of rotatable bonds is 7. The van der Waals surface area contributed by atoms with Crippen LogP contribution in [0.25, 0.3) is 0 Å². The molecule has 0 aromatic heterocycles. The fraction of sp³-hybridized carbons (Fsp3) is 0.400. The number of benzene rings is 2. The molecule has 0 aliphatic carbocycles. The summed E-state index contributed by atoms with van der Waals surface area (Å²) in [5, 5.41) is 0. The molecule has 1 heterocycles. The van der Waals surface area contributed by atoms with E-state index in [4.69, 9.17) is 4.74 Å². The fourth-order valence-corrected chi connectivity index (χ4v) is 4.28. The highest BCUT2D eigenvalue weighted by molar-refractivity contribution is 6.09. The Hall–Kier alpha value is -3.15. The van der Waals surface area contributed by atoms with E-state index in [0.29, 0.717) is 0 Å². The first-order valence-corrected chi connectivity index (χ1v) is 10.7. The van der Waals surface area contributed by atoms with Crippen molar-refractivity contribution >= 4 is 17.9 Å². The number of hydrogen-bond donors (Lipinski definition) is 0. The van der Waals surface area contributed by atoms with Gasteiger partial charge in [0.25, 0.3) is 0 Å². The molecule has 0 radical (unpaired) electrons. The quantitative estimate of drug-likeness (QED) is 0.495. The molecule has 6 nitrogen and oxygen atoms in total. The van der Waals surface area contributed by atoms with Gasteiger partial charge in [0.05, 0.1) is 18.7 Å². The maximum atomic E-state index is 14.1. The Morgan fingerprint density at radius 1 is 1.00 bits per heavy atom. The van der Waals surface area contributed by atoms with Crippen molar-refractivity contribution in [2.75, 3.05) is 13.7 Å².